The zero-order valence-electron chi connectivity index (χ0n) is 14.2. The predicted molar refractivity (Wildman–Crippen MR) is 93.9 cm³/mol. The minimum atomic E-state index is -0.377. The van der Waals surface area contributed by atoms with Crippen molar-refractivity contribution in [3.63, 3.8) is 0 Å². The summed E-state index contributed by atoms with van der Waals surface area (Å²) in [6.45, 7) is 4.09. The van der Waals surface area contributed by atoms with Crippen molar-refractivity contribution in [2.75, 3.05) is 12.1 Å². The Bertz CT molecular complexity index is 787. The molecule has 0 saturated carbocycles. The van der Waals surface area contributed by atoms with E-state index in [1.165, 1.54) is 6.92 Å². The SMILES string of the molecule is CC(=O)c1ccc(NC(=O)C(C)NCc2ccc3c(c2)OCO3)cc1. The fraction of sp³-hybridized carbons (Fsp3) is 0.263. The van der Waals surface area contributed by atoms with Gasteiger partial charge in [0.2, 0.25) is 12.7 Å². The lowest BCUT2D eigenvalue weighted by Crippen LogP contribution is -2.37. The molecule has 1 heterocycles. The largest absolute Gasteiger partial charge is 0.454 e. The third-order valence-electron chi connectivity index (χ3n) is 4.00. The lowest BCUT2D eigenvalue weighted by atomic mass is 10.1. The normalized spacial score (nSPS) is 13.4. The van der Waals surface area contributed by atoms with Gasteiger partial charge in [-0.05, 0) is 55.8 Å². The van der Waals surface area contributed by atoms with E-state index in [-0.39, 0.29) is 24.5 Å². The second kappa shape index (κ2) is 7.36. The van der Waals surface area contributed by atoms with E-state index in [0.29, 0.717) is 17.8 Å². The van der Waals surface area contributed by atoms with Crippen LogP contribution in [0.25, 0.3) is 0 Å². The molecule has 6 nitrogen and oxygen atoms in total. The summed E-state index contributed by atoms with van der Waals surface area (Å²) in [6.07, 6.45) is 0. The molecule has 6 heteroatoms. The number of ketones is 1. The Morgan fingerprint density at radius 2 is 1.80 bits per heavy atom. The molecule has 0 radical (unpaired) electrons. The van der Waals surface area contributed by atoms with Gasteiger partial charge in [-0.3, -0.25) is 9.59 Å². The van der Waals surface area contributed by atoms with Crippen molar-refractivity contribution in [2.45, 2.75) is 26.4 Å². The molecule has 1 aliphatic heterocycles. The molecule has 130 valence electrons. The molecule has 1 unspecified atom stereocenters. The summed E-state index contributed by atoms with van der Waals surface area (Å²) < 4.78 is 10.6. The fourth-order valence-electron chi connectivity index (χ4n) is 2.45. The van der Waals surface area contributed by atoms with E-state index < -0.39 is 0 Å². The zero-order chi connectivity index (χ0) is 17.8. The summed E-state index contributed by atoms with van der Waals surface area (Å²) in [6, 6.07) is 12.2. The number of fused-ring (bicyclic) bond motifs is 1. The summed E-state index contributed by atoms with van der Waals surface area (Å²) >= 11 is 0. The summed E-state index contributed by atoms with van der Waals surface area (Å²) in [4.78, 5) is 23.5. The Kier molecular flexibility index (Phi) is 5.00. The lowest BCUT2D eigenvalue weighted by molar-refractivity contribution is -0.117. The van der Waals surface area contributed by atoms with Crippen LogP contribution in [0.5, 0.6) is 11.5 Å². The van der Waals surface area contributed by atoms with Gasteiger partial charge in [0.05, 0.1) is 6.04 Å². The van der Waals surface area contributed by atoms with Crippen LogP contribution in [0.15, 0.2) is 42.5 Å². The van der Waals surface area contributed by atoms with Crippen LogP contribution in [0, 0.1) is 0 Å². The average Bonchev–Trinajstić information content (AvgIpc) is 3.07. The molecular weight excluding hydrogens is 320 g/mol. The van der Waals surface area contributed by atoms with Crippen LogP contribution in [0.2, 0.25) is 0 Å². The summed E-state index contributed by atoms with van der Waals surface area (Å²) in [7, 11) is 0. The first-order valence-corrected chi connectivity index (χ1v) is 8.07. The maximum atomic E-state index is 12.3. The summed E-state index contributed by atoms with van der Waals surface area (Å²) in [5.74, 6) is 1.32. The number of carbonyl (C=O) groups excluding carboxylic acids is 2. The molecule has 0 spiro atoms. The van der Waals surface area contributed by atoms with E-state index in [1.54, 1.807) is 31.2 Å². The number of rotatable bonds is 6. The minimum Gasteiger partial charge on any atom is -0.454 e. The van der Waals surface area contributed by atoms with E-state index in [4.69, 9.17) is 9.47 Å². The van der Waals surface area contributed by atoms with Crippen LogP contribution < -0.4 is 20.1 Å². The van der Waals surface area contributed by atoms with Gasteiger partial charge in [0, 0.05) is 17.8 Å². The van der Waals surface area contributed by atoms with Crippen LogP contribution >= 0.6 is 0 Å². The van der Waals surface area contributed by atoms with Gasteiger partial charge < -0.3 is 20.1 Å². The summed E-state index contributed by atoms with van der Waals surface area (Å²) in [5.41, 5.74) is 2.29. The van der Waals surface area contributed by atoms with Crippen molar-refractivity contribution < 1.29 is 19.1 Å². The number of nitrogens with one attached hydrogen (secondary N) is 2. The molecule has 2 aromatic carbocycles. The van der Waals surface area contributed by atoms with Gasteiger partial charge in [-0.1, -0.05) is 6.07 Å². The van der Waals surface area contributed by atoms with E-state index in [0.717, 1.165) is 17.1 Å². The third-order valence-corrected chi connectivity index (χ3v) is 4.00. The van der Waals surface area contributed by atoms with Gasteiger partial charge >= 0.3 is 0 Å². The van der Waals surface area contributed by atoms with Crippen LogP contribution in [-0.4, -0.2) is 24.5 Å². The van der Waals surface area contributed by atoms with E-state index >= 15 is 0 Å². The van der Waals surface area contributed by atoms with Gasteiger partial charge in [-0.2, -0.15) is 0 Å². The van der Waals surface area contributed by atoms with Crippen LogP contribution in [0.1, 0.15) is 29.8 Å². The number of benzene rings is 2. The maximum absolute atomic E-state index is 12.3. The molecule has 2 aromatic rings. The van der Waals surface area contributed by atoms with Gasteiger partial charge in [-0.25, -0.2) is 0 Å². The number of hydrogen-bond donors (Lipinski definition) is 2. The average molecular weight is 340 g/mol. The number of Topliss-reactive ketones (excluding diaryl/α,β-unsaturated/α-hetero) is 1. The molecule has 0 fully saturated rings. The van der Waals surface area contributed by atoms with Crippen molar-refractivity contribution in [3.8, 4) is 11.5 Å². The van der Waals surface area contributed by atoms with Gasteiger partial charge in [-0.15, -0.1) is 0 Å². The second-order valence-electron chi connectivity index (χ2n) is 5.91. The lowest BCUT2D eigenvalue weighted by Gasteiger charge is -2.14. The van der Waals surface area contributed by atoms with Gasteiger partial charge in [0.15, 0.2) is 17.3 Å². The molecule has 0 aromatic heterocycles. The highest BCUT2D eigenvalue weighted by molar-refractivity contribution is 5.96. The first kappa shape index (κ1) is 17.0. The highest BCUT2D eigenvalue weighted by atomic mass is 16.7. The molecular formula is C19H20N2O4. The first-order valence-electron chi connectivity index (χ1n) is 8.07. The highest BCUT2D eigenvalue weighted by Crippen LogP contribution is 2.32. The number of hydrogen-bond acceptors (Lipinski definition) is 5. The fourth-order valence-corrected chi connectivity index (χ4v) is 2.45. The van der Waals surface area contributed by atoms with Gasteiger partial charge in [0.25, 0.3) is 0 Å². The molecule has 25 heavy (non-hydrogen) atoms. The Morgan fingerprint density at radius 1 is 1.08 bits per heavy atom. The van der Waals surface area contributed by atoms with E-state index in [2.05, 4.69) is 10.6 Å². The number of amides is 1. The smallest absolute Gasteiger partial charge is 0.241 e. The molecule has 3 rings (SSSR count). The Morgan fingerprint density at radius 3 is 2.52 bits per heavy atom. The predicted octanol–water partition coefficient (Wildman–Crippen LogP) is 2.73. The molecule has 1 amide bonds. The quantitative estimate of drug-likeness (QED) is 0.791. The number of ether oxygens (including phenoxy) is 2. The molecule has 0 saturated heterocycles. The second-order valence-corrected chi connectivity index (χ2v) is 5.91. The van der Waals surface area contributed by atoms with Crippen LogP contribution in [0.4, 0.5) is 5.69 Å². The third kappa shape index (κ3) is 4.16. The maximum Gasteiger partial charge on any atom is 0.241 e. The molecule has 1 atom stereocenters. The van der Waals surface area contributed by atoms with Crippen molar-refractivity contribution in [2.24, 2.45) is 0 Å². The zero-order valence-corrected chi connectivity index (χ0v) is 14.2. The highest BCUT2D eigenvalue weighted by Gasteiger charge is 2.15. The van der Waals surface area contributed by atoms with Crippen molar-refractivity contribution >= 4 is 17.4 Å². The Balaban J connectivity index is 1.53. The van der Waals surface area contributed by atoms with Crippen molar-refractivity contribution in [1.82, 2.24) is 5.32 Å². The standard InChI is InChI=1S/C19H20N2O4/c1-12(19(23)21-16-6-4-15(5-7-16)13(2)22)20-10-14-3-8-17-18(9-14)25-11-24-17/h3-9,12,20H,10-11H2,1-2H3,(H,21,23). The topological polar surface area (TPSA) is 76.7 Å². The minimum absolute atomic E-state index is 0.00311. The number of carbonyl (C=O) groups is 2. The Hall–Kier alpha value is -2.86. The first-order chi connectivity index (χ1) is 12.0. The monoisotopic (exact) mass is 340 g/mol. The molecule has 0 bridgehead atoms. The Labute approximate surface area is 146 Å². The van der Waals surface area contributed by atoms with E-state index in [9.17, 15) is 9.59 Å². The molecule has 1 aliphatic rings. The van der Waals surface area contributed by atoms with Gasteiger partial charge in [0.1, 0.15) is 0 Å². The van der Waals surface area contributed by atoms with Crippen LogP contribution in [0.3, 0.4) is 0 Å². The van der Waals surface area contributed by atoms with Crippen LogP contribution in [-0.2, 0) is 11.3 Å². The molecule has 0 aliphatic carbocycles. The number of anilines is 1. The van der Waals surface area contributed by atoms with Crippen molar-refractivity contribution in [1.29, 1.82) is 0 Å². The summed E-state index contributed by atoms with van der Waals surface area (Å²) in [5, 5.41) is 6.01. The van der Waals surface area contributed by atoms with E-state index in [1.807, 2.05) is 18.2 Å². The van der Waals surface area contributed by atoms with Crippen molar-refractivity contribution in [3.05, 3.63) is 53.6 Å². The molecule has 2 N–H and O–H groups in total.